The van der Waals surface area contributed by atoms with Crippen LogP contribution >= 0.6 is 0 Å². The summed E-state index contributed by atoms with van der Waals surface area (Å²) in [7, 11) is 1.40. The van der Waals surface area contributed by atoms with Crippen molar-refractivity contribution in [3.05, 3.63) is 41.6 Å². The second-order valence-electron chi connectivity index (χ2n) is 3.36. The molecule has 2 aromatic heterocycles. The Kier molecular flexibility index (Phi) is 7.82. The third kappa shape index (κ3) is 5.72. The van der Waals surface area contributed by atoms with Crippen molar-refractivity contribution in [2.75, 3.05) is 12.8 Å². The number of anilines is 1. The number of aldehydes is 2. The molecule has 112 valence electrons. The Labute approximate surface area is 121 Å². The smallest absolute Gasteiger partial charge is 0.219 e. The number of pyridine rings is 1. The lowest BCUT2D eigenvalue weighted by Crippen LogP contribution is -1.94. The van der Waals surface area contributed by atoms with Gasteiger partial charge in [0.1, 0.15) is 0 Å². The first-order chi connectivity index (χ1) is 9.60. The van der Waals surface area contributed by atoms with E-state index in [0.717, 1.165) is 6.20 Å². The second kappa shape index (κ2) is 9.08. The van der Waals surface area contributed by atoms with E-state index in [0.29, 0.717) is 18.1 Å². The molecule has 8 heteroatoms. The van der Waals surface area contributed by atoms with E-state index in [9.17, 15) is 14.0 Å². The molecule has 0 bridgehead atoms. The zero-order valence-corrected chi connectivity index (χ0v) is 10.5. The lowest BCUT2D eigenvalue weighted by atomic mass is 10.3. The van der Waals surface area contributed by atoms with Crippen molar-refractivity contribution in [1.29, 1.82) is 0 Å². The summed E-state index contributed by atoms with van der Waals surface area (Å²) < 4.78 is 17.2. The fourth-order valence-corrected chi connectivity index (χ4v) is 1.04. The number of carbonyl (C=O) groups excluding carboxylic acids is 2. The minimum atomic E-state index is -0.638. The highest BCUT2D eigenvalue weighted by molar-refractivity contribution is 5.75. The number of nitrogens with zero attached hydrogens (tertiary/aromatic N) is 3. The Balaban J connectivity index is 0.000000370. The largest absolute Gasteiger partial charge is 0.481 e. The van der Waals surface area contributed by atoms with Gasteiger partial charge in [0.2, 0.25) is 11.8 Å². The van der Waals surface area contributed by atoms with Crippen LogP contribution in [0, 0.1) is 5.82 Å². The molecule has 21 heavy (non-hydrogen) atoms. The molecule has 0 saturated heterocycles. The molecule has 2 aromatic rings. The van der Waals surface area contributed by atoms with Crippen LogP contribution in [0.3, 0.4) is 0 Å². The van der Waals surface area contributed by atoms with Crippen LogP contribution in [0.5, 0.6) is 5.88 Å². The fraction of sp³-hybridized carbons (Fsp3) is 0.154. The molecule has 0 fully saturated rings. The van der Waals surface area contributed by atoms with Gasteiger partial charge in [-0.2, -0.15) is 0 Å². The Morgan fingerprint density at radius 2 is 1.76 bits per heavy atom. The predicted octanol–water partition coefficient (Wildman–Crippen LogP) is 1.55. The number of rotatable bonds is 3. The molecule has 0 saturated carbocycles. The Hall–Kier alpha value is -2.90. The number of nitrogens with two attached hydrogens (primary N) is 1. The average Bonchev–Trinajstić information content (AvgIpc) is 2.49. The first kappa shape index (κ1) is 18.1. The molecule has 2 heterocycles. The zero-order chi connectivity index (χ0) is 15.0. The van der Waals surface area contributed by atoms with Gasteiger partial charge in [-0.25, -0.2) is 19.3 Å². The monoisotopic (exact) mass is 294 g/mol. The van der Waals surface area contributed by atoms with Crippen LogP contribution < -0.4 is 10.5 Å². The zero-order valence-electron chi connectivity index (χ0n) is 10.5. The molecule has 0 atom stereocenters. The summed E-state index contributed by atoms with van der Waals surface area (Å²) in [5.41, 5.74) is 5.53. The van der Waals surface area contributed by atoms with Crippen molar-refractivity contribution in [2.24, 2.45) is 0 Å². The molecule has 2 rings (SSSR count). The topological polar surface area (TPSA) is 108 Å². The van der Waals surface area contributed by atoms with E-state index in [4.69, 9.17) is 5.73 Å². The molecular weight excluding hydrogens is 279 g/mol. The first-order valence-electron chi connectivity index (χ1n) is 5.28. The van der Waals surface area contributed by atoms with Gasteiger partial charge < -0.3 is 10.5 Å². The number of nitrogen functional groups attached to an aromatic ring is 1. The van der Waals surface area contributed by atoms with E-state index < -0.39 is 5.82 Å². The minimum absolute atomic E-state index is 0. The number of aromatic nitrogens is 3. The van der Waals surface area contributed by atoms with Gasteiger partial charge in [0.25, 0.3) is 0 Å². The van der Waals surface area contributed by atoms with Crippen molar-refractivity contribution in [3.8, 4) is 5.88 Å². The maximum Gasteiger partial charge on any atom is 0.219 e. The van der Waals surface area contributed by atoms with E-state index >= 15 is 0 Å². The van der Waals surface area contributed by atoms with Gasteiger partial charge in [-0.1, -0.05) is 7.43 Å². The molecule has 0 aliphatic carbocycles. The lowest BCUT2D eigenvalue weighted by Gasteiger charge is -1.98. The maximum absolute atomic E-state index is 12.6. The van der Waals surface area contributed by atoms with Crippen molar-refractivity contribution < 1.29 is 18.7 Å². The fourth-order valence-electron chi connectivity index (χ4n) is 1.04. The average molecular weight is 294 g/mol. The van der Waals surface area contributed by atoms with Gasteiger partial charge in [0.05, 0.1) is 24.4 Å². The van der Waals surface area contributed by atoms with Crippen LogP contribution in [-0.4, -0.2) is 34.6 Å². The van der Waals surface area contributed by atoms with Crippen molar-refractivity contribution >= 4 is 18.5 Å². The molecular formula is C13H15FN4O3. The normalized spacial score (nSPS) is 8.67. The highest BCUT2D eigenvalue weighted by Gasteiger charge is 2.02. The van der Waals surface area contributed by atoms with Gasteiger partial charge in [-0.3, -0.25) is 9.59 Å². The maximum atomic E-state index is 12.6. The molecule has 0 spiro atoms. The van der Waals surface area contributed by atoms with Crippen molar-refractivity contribution in [1.82, 2.24) is 15.0 Å². The Morgan fingerprint density at radius 1 is 1.14 bits per heavy atom. The van der Waals surface area contributed by atoms with Gasteiger partial charge in [-0.15, -0.1) is 0 Å². The molecule has 0 amide bonds. The van der Waals surface area contributed by atoms with Crippen LogP contribution in [-0.2, 0) is 0 Å². The standard InChI is InChI=1S/C7H6FNO2.C5H5N3O.CH4/c1-11-7-2-5(4-10)6(8)3-9-7;6-5-7-1-4(3-9)2-8-5;/h2-4H,1H3;1-3H,(H2,6,7,8);1H4. The van der Waals surface area contributed by atoms with Crippen LogP contribution in [0.15, 0.2) is 24.7 Å². The van der Waals surface area contributed by atoms with Crippen LogP contribution in [0.2, 0.25) is 0 Å². The van der Waals surface area contributed by atoms with Crippen molar-refractivity contribution in [3.63, 3.8) is 0 Å². The van der Waals surface area contributed by atoms with E-state index in [1.807, 2.05) is 0 Å². The number of ether oxygens (including phenoxy) is 1. The first-order valence-corrected chi connectivity index (χ1v) is 5.28. The molecule has 0 aliphatic heterocycles. The molecule has 7 nitrogen and oxygen atoms in total. The van der Waals surface area contributed by atoms with E-state index in [-0.39, 0.29) is 24.8 Å². The quantitative estimate of drug-likeness (QED) is 0.855. The number of hydrogen-bond acceptors (Lipinski definition) is 7. The minimum Gasteiger partial charge on any atom is -0.481 e. The Bertz CT molecular complexity index is 590. The summed E-state index contributed by atoms with van der Waals surface area (Å²) in [6.07, 6.45) is 4.77. The molecule has 0 aliphatic rings. The SMILES string of the molecule is C.COc1cc(C=O)c(F)cn1.Nc1ncc(C=O)cn1. The summed E-state index contributed by atoms with van der Waals surface area (Å²) >= 11 is 0. The molecule has 2 N–H and O–H groups in total. The molecule has 0 unspecified atom stereocenters. The third-order valence-electron chi connectivity index (χ3n) is 2.02. The van der Waals surface area contributed by atoms with Gasteiger partial charge >= 0.3 is 0 Å². The Morgan fingerprint density at radius 3 is 2.24 bits per heavy atom. The third-order valence-corrected chi connectivity index (χ3v) is 2.02. The van der Waals surface area contributed by atoms with Crippen LogP contribution in [0.1, 0.15) is 28.1 Å². The number of halogens is 1. The van der Waals surface area contributed by atoms with Gasteiger partial charge in [0.15, 0.2) is 18.4 Å². The van der Waals surface area contributed by atoms with Crippen molar-refractivity contribution in [2.45, 2.75) is 7.43 Å². The van der Waals surface area contributed by atoms with E-state index in [1.165, 1.54) is 25.6 Å². The lowest BCUT2D eigenvalue weighted by molar-refractivity contribution is 0.111. The second-order valence-corrected chi connectivity index (χ2v) is 3.36. The van der Waals surface area contributed by atoms with Crippen LogP contribution in [0.25, 0.3) is 0 Å². The highest BCUT2D eigenvalue weighted by Crippen LogP contribution is 2.10. The summed E-state index contributed by atoms with van der Waals surface area (Å²) in [4.78, 5) is 30.9. The van der Waals surface area contributed by atoms with E-state index in [1.54, 1.807) is 0 Å². The number of hydrogen-bond donors (Lipinski definition) is 1. The number of methoxy groups -OCH3 is 1. The summed E-state index contributed by atoms with van der Waals surface area (Å²) in [5, 5.41) is 0. The molecule has 0 aromatic carbocycles. The van der Waals surface area contributed by atoms with Gasteiger partial charge in [-0.05, 0) is 0 Å². The number of carbonyl (C=O) groups is 2. The highest BCUT2D eigenvalue weighted by atomic mass is 19.1. The predicted molar refractivity (Wildman–Crippen MR) is 74.7 cm³/mol. The summed E-state index contributed by atoms with van der Waals surface area (Å²) in [5.74, 6) is -0.227. The molecule has 0 radical (unpaired) electrons. The van der Waals surface area contributed by atoms with E-state index in [2.05, 4.69) is 19.7 Å². The summed E-state index contributed by atoms with van der Waals surface area (Å²) in [6.45, 7) is 0. The van der Waals surface area contributed by atoms with Gasteiger partial charge in [0, 0.05) is 18.5 Å². The summed E-state index contributed by atoms with van der Waals surface area (Å²) in [6, 6.07) is 1.24. The van der Waals surface area contributed by atoms with Crippen LogP contribution in [0.4, 0.5) is 10.3 Å².